The van der Waals surface area contributed by atoms with E-state index in [0.717, 1.165) is 51.0 Å². The van der Waals surface area contributed by atoms with Gasteiger partial charge in [-0.2, -0.15) is 0 Å². The van der Waals surface area contributed by atoms with Gasteiger partial charge in [-0.3, -0.25) is 14.7 Å². The van der Waals surface area contributed by atoms with Crippen molar-refractivity contribution in [1.82, 2.24) is 9.88 Å². The van der Waals surface area contributed by atoms with Gasteiger partial charge in [-0.15, -0.1) is 11.3 Å². The maximum atomic E-state index is 13.3. The molecule has 1 aromatic carbocycles. The van der Waals surface area contributed by atoms with Crippen molar-refractivity contribution >= 4 is 32.8 Å². The summed E-state index contributed by atoms with van der Waals surface area (Å²) in [4.78, 5) is 20.3. The molecule has 4 heteroatoms. The molecular formula is C27H30N2OS. The SMILES string of the molecule is O=C(C1CCCC1)C(CCN1CC=C(c2cccc3sccc23)CC1)c1ccccn1. The van der Waals surface area contributed by atoms with Crippen LogP contribution in [0.15, 0.2) is 60.1 Å². The summed E-state index contributed by atoms with van der Waals surface area (Å²) in [5.74, 6) is 0.605. The molecule has 31 heavy (non-hydrogen) atoms. The minimum absolute atomic E-state index is 0.0609. The van der Waals surface area contributed by atoms with Gasteiger partial charge in [-0.1, -0.05) is 37.1 Å². The average molecular weight is 431 g/mol. The van der Waals surface area contributed by atoms with Crippen LogP contribution in [0.5, 0.6) is 0 Å². The highest BCUT2D eigenvalue weighted by atomic mass is 32.1. The Morgan fingerprint density at radius 3 is 2.81 bits per heavy atom. The lowest BCUT2D eigenvalue weighted by Crippen LogP contribution is -2.32. The van der Waals surface area contributed by atoms with Gasteiger partial charge < -0.3 is 0 Å². The van der Waals surface area contributed by atoms with Crippen LogP contribution in [0, 0.1) is 5.92 Å². The molecule has 1 saturated carbocycles. The van der Waals surface area contributed by atoms with Crippen LogP contribution in [0.3, 0.4) is 0 Å². The second kappa shape index (κ2) is 9.46. The first kappa shape index (κ1) is 20.6. The summed E-state index contributed by atoms with van der Waals surface area (Å²) in [5.41, 5.74) is 3.81. The van der Waals surface area contributed by atoms with E-state index in [0.29, 0.717) is 5.78 Å². The van der Waals surface area contributed by atoms with Gasteiger partial charge in [0.05, 0.1) is 11.6 Å². The number of rotatable bonds is 7. The fourth-order valence-electron chi connectivity index (χ4n) is 5.26. The molecule has 3 nitrogen and oxygen atoms in total. The molecule has 0 amide bonds. The number of carbonyl (C=O) groups excluding carboxylic acids is 1. The van der Waals surface area contributed by atoms with Crippen LogP contribution in [-0.2, 0) is 4.79 Å². The summed E-state index contributed by atoms with van der Waals surface area (Å²) in [6.07, 6.45) is 10.7. The molecule has 0 saturated heterocycles. The zero-order valence-corrected chi connectivity index (χ0v) is 18.8. The molecule has 160 valence electrons. The Labute approximate surface area is 188 Å². The number of pyridine rings is 1. The molecule has 2 aliphatic rings. The van der Waals surface area contributed by atoms with E-state index in [1.54, 1.807) is 0 Å². The van der Waals surface area contributed by atoms with Crippen LogP contribution in [0.25, 0.3) is 15.7 Å². The second-order valence-corrected chi connectivity index (χ2v) is 9.85. The molecule has 5 rings (SSSR count). The van der Waals surface area contributed by atoms with Crippen LogP contribution >= 0.6 is 11.3 Å². The number of Topliss-reactive ketones (excluding diaryl/α,β-unsaturated/α-hetero) is 1. The number of fused-ring (bicyclic) bond motifs is 1. The number of benzene rings is 1. The quantitative estimate of drug-likeness (QED) is 0.440. The molecular weight excluding hydrogens is 400 g/mol. The molecule has 1 atom stereocenters. The topological polar surface area (TPSA) is 33.2 Å². The van der Waals surface area contributed by atoms with Gasteiger partial charge in [0.2, 0.25) is 0 Å². The van der Waals surface area contributed by atoms with Crippen molar-refractivity contribution in [2.75, 3.05) is 19.6 Å². The summed E-state index contributed by atoms with van der Waals surface area (Å²) in [6.45, 7) is 2.97. The first-order valence-corrected chi connectivity index (χ1v) is 12.5. The van der Waals surface area contributed by atoms with E-state index in [1.807, 2.05) is 35.7 Å². The highest BCUT2D eigenvalue weighted by molar-refractivity contribution is 7.17. The zero-order valence-electron chi connectivity index (χ0n) is 18.0. The van der Waals surface area contributed by atoms with E-state index in [2.05, 4.69) is 45.6 Å². The Balaban J connectivity index is 1.26. The van der Waals surface area contributed by atoms with Crippen molar-refractivity contribution in [1.29, 1.82) is 0 Å². The number of nitrogens with zero attached hydrogens (tertiary/aromatic N) is 2. The van der Waals surface area contributed by atoms with Crippen molar-refractivity contribution in [3.05, 3.63) is 71.4 Å². The van der Waals surface area contributed by atoms with Gasteiger partial charge in [-0.25, -0.2) is 0 Å². The Morgan fingerprint density at radius 2 is 2.03 bits per heavy atom. The predicted octanol–water partition coefficient (Wildman–Crippen LogP) is 6.32. The van der Waals surface area contributed by atoms with E-state index in [4.69, 9.17) is 0 Å². The van der Waals surface area contributed by atoms with Crippen LogP contribution in [0.2, 0.25) is 0 Å². The summed E-state index contributed by atoms with van der Waals surface area (Å²) in [7, 11) is 0. The third-order valence-corrected chi connectivity index (χ3v) is 7.90. The average Bonchev–Trinajstić information content (AvgIpc) is 3.52. The first-order valence-electron chi connectivity index (χ1n) is 11.6. The lowest BCUT2D eigenvalue weighted by molar-refractivity contribution is -0.124. The highest BCUT2D eigenvalue weighted by Gasteiger charge is 2.31. The minimum atomic E-state index is -0.0609. The Hall–Kier alpha value is -2.30. The molecule has 3 heterocycles. The van der Waals surface area contributed by atoms with E-state index in [9.17, 15) is 4.79 Å². The molecule has 1 aliphatic carbocycles. The summed E-state index contributed by atoms with van der Waals surface area (Å²) in [6, 6.07) is 14.9. The Morgan fingerprint density at radius 1 is 1.13 bits per heavy atom. The van der Waals surface area contributed by atoms with E-state index in [1.165, 1.54) is 34.1 Å². The number of ketones is 1. The first-order chi connectivity index (χ1) is 15.3. The fourth-order valence-corrected chi connectivity index (χ4v) is 6.07. The van der Waals surface area contributed by atoms with Gasteiger partial charge in [0.15, 0.2) is 0 Å². The maximum absolute atomic E-state index is 13.3. The summed E-state index contributed by atoms with van der Waals surface area (Å²) < 4.78 is 1.37. The Kier molecular flexibility index (Phi) is 6.28. The molecule has 0 radical (unpaired) electrons. The van der Waals surface area contributed by atoms with Crippen LogP contribution in [0.1, 0.15) is 55.7 Å². The zero-order chi connectivity index (χ0) is 21.0. The summed E-state index contributed by atoms with van der Waals surface area (Å²) >= 11 is 1.81. The second-order valence-electron chi connectivity index (χ2n) is 8.90. The number of aromatic nitrogens is 1. The molecule has 1 unspecified atom stereocenters. The van der Waals surface area contributed by atoms with Crippen molar-refractivity contribution in [3.8, 4) is 0 Å². The largest absolute Gasteiger partial charge is 0.299 e. The Bertz CT molecular complexity index is 1070. The molecule has 1 aliphatic heterocycles. The normalized spacial score (nSPS) is 18.9. The molecule has 0 bridgehead atoms. The van der Waals surface area contributed by atoms with Crippen molar-refractivity contribution in [3.63, 3.8) is 0 Å². The van der Waals surface area contributed by atoms with Crippen molar-refractivity contribution < 1.29 is 4.79 Å². The standard InChI is InChI=1S/C27H30N2OS/c30-27(21-6-1-2-7-21)24(25-9-3-4-15-28-25)13-18-29-16-11-20(12-17-29)22-8-5-10-26-23(22)14-19-31-26/h3-5,8-11,14-15,19,21,24H,1-2,6-7,12-13,16-18H2. The maximum Gasteiger partial charge on any atom is 0.145 e. The third kappa shape index (κ3) is 4.51. The molecule has 1 fully saturated rings. The number of hydrogen-bond donors (Lipinski definition) is 0. The minimum Gasteiger partial charge on any atom is -0.299 e. The predicted molar refractivity (Wildman–Crippen MR) is 129 cm³/mol. The van der Waals surface area contributed by atoms with Gasteiger partial charge in [0.25, 0.3) is 0 Å². The highest BCUT2D eigenvalue weighted by Crippen LogP contribution is 2.34. The molecule has 2 aromatic heterocycles. The smallest absolute Gasteiger partial charge is 0.145 e. The van der Waals surface area contributed by atoms with Gasteiger partial charge in [0, 0.05) is 29.9 Å². The number of thiophene rings is 1. The van der Waals surface area contributed by atoms with E-state index >= 15 is 0 Å². The lowest BCUT2D eigenvalue weighted by Gasteiger charge is -2.28. The van der Waals surface area contributed by atoms with Gasteiger partial charge in [0.1, 0.15) is 5.78 Å². The number of carbonyl (C=O) groups is 1. The van der Waals surface area contributed by atoms with E-state index < -0.39 is 0 Å². The van der Waals surface area contributed by atoms with Gasteiger partial charge >= 0.3 is 0 Å². The summed E-state index contributed by atoms with van der Waals surface area (Å²) in [5, 5.41) is 3.56. The molecule has 0 N–H and O–H groups in total. The van der Waals surface area contributed by atoms with Crippen molar-refractivity contribution in [2.24, 2.45) is 5.92 Å². The van der Waals surface area contributed by atoms with Crippen LogP contribution in [0.4, 0.5) is 0 Å². The lowest BCUT2D eigenvalue weighted by atomic mass is 9.86. The molecule has 3 aromatic rings. The number of hydrogen-bond acceptors (Lipinski definition) is 4. The van der Waals surface area contributed by atoms with Crippen LogP contribution in [-0.4, -0.2) is 35.3 Å². The fraction of sp³-hybridized carbons (Fsp3) is 0.407. The molecule has 0 spiro atoms. The van der Waals surface area contributed by atoms with E-state index in [-0.39, 0.29) is 11.8 Å². The van der Waals surface area contributed by atoms with Crippen LogP contribution < -0.4 is 0 Å². The van der Waals surface area contributed by atoms with Crippen molar-refractivity contribution in [2.45, 2.75) is 44.4 Å². The van der Waals surface area contributed by atoms with Gasteiger partial charge in [-0.05, 0) is 78.4 Å². The monoisotopic (exact) mass is 430 g/mol. The third-order valence-electron chi connectivity index (χ3n) is 7.01.